The molecule has 0 atom stereocenters. The van der Waals surface area contributed by atoms with E-state index in [4.69, 9.17) is 9.47 Å². The van der Waals surface area contributed by atoms with Crippen molar-refractivity contribution in [2.75, 3.05) is 17.7 Å². The number of carbonyl (C=O) groups excluding carboxylic acids is 2. The van der Waals surface area contributed by atoms with E-state index in [0.717, 1.165) is 17.0 Å². The Labute approximate surface area is 226 Å². The van der Waals surface area contributed by atoms with Gasteiger partial charge < -0.3 is 14.8 Å². The summed E-state index contributed by atoms with van der Waals surface area (Å²) in [7, 11) is 0. The van der Waals surface area contributed by atoms with Crippen molar-refractivity contribution >= 4 is 40.0 Å². The summed E-state index contributed by atoms with van der Waals surface area (Å²) >= 11 is 2.64. The van der Waals surface area contributed by atoms with Crippen molar-refractivity contribution < 1.29 is 19.1 Å². The number of carbonyl (C=O) groups is 2. The van der Waals surface area contributed by atoms with Crippen molar-refractivity contribution in [3.8, 4) is 5.75 Å². The number of benzene rings is 1. The monoisotopic (exact) mass is 542 g/mol. The minimum atomic E-state index is -0.440. The van der Waals surface area contributed by atoms with Crippen molar-refractivity contribution in [2.24, 2.45) is 0 Å². The lowest BCUT2D eigenvalue weighted by atomic mass is 9.87. The molecule has 2 heterocycles. The van der Waals surface area contributed by atoms with Crippen LogP contribution in [0.2, 0.25) is 0 Å². The number of esters is 1. The third-order valence-electron chi connectivity index (χ3n) is 5.41. The largest absolute Gasteiger partial charge is 0.486 e. The topological polar surface area (TPSA) is 95.3 Å². The number of anilines is 1. The summed E-state index contributed by atoms with van der Waals surface area (Å²) in [5.41, 5.74) is 1.69. The molecule has 198 valence electrons. The molecule has 1 aromatic carbocycles. The highest BCUT2D eigenvalue weighted by atomic mass is 32.2. The highest BCUT2D eigenvalue weighted by Gasteiger charge is 2.20. The molecular formula is C27H34N4O4S2. The predicted octanol–water partition coefficient (Wildman–Crippen LogP) is 5.87. The quantitative estimate of drug-likeness (QED) is 0.174. The Morgan fingerprint density at radius 2 is 1.92 bits per heavy atom. The summed E-state index contributed by atoms with van der Waals surface area (Å²) in [6.07, 6.45) is 2.51. The fourth-order valence-corrected chi connectivity index (χ4v) is 5.17. The molecule has 0 radical (unpaired) electrons. The van der Waals surface area contributed by atoms with E-state index >= 15 is 0 Å². The third kappa shape index (κ3) is 7.69. The average molecular weight is 543 g/mol. The normalized spacial score (nSPS) is 11.3. The number of amides is 1. The molecule has 1 amide bonds. The molecular weight excluding hydrogens is 508 g/mol. The summed E-state index contributed by atoms with van der Waals surface area (Å²) in [6, 6.07) is 9.80. The van der Waals surface area contributed by atoms with Crippen molar-refractivity contribution in [2.45, 2.75) is 64.8 Å². The highest BCUT2D eigenvalue weighted by Crippen LogP contribution is 2.30. The molecule has 37 heavy (non-hydrogen) atoms. The lowest BCUT2D eigenvalue weighted by Gasteiger charge is -2.19. The Kier molecular flexibility index (Phi) is 9.93. The van der Waals surface area contributed by atoms with Gasteiger partial charge in [0.15, 0.2) is 11.0 Å². The Hall–Kier alpha value is -3.11. The van der Waals surface area contributed by atoms with Gasteiger partial charge >= 0.3 is 5.97 Å². The SMILES string of the molecule is C=CCn1c(COc2ccc(C(C)(C)C)cc2)nnc1SCC(=O)Nc1sc(CC)cc1C(=O)OCC. The number of aryl methyl sites for hydroxylation is 1. The first-order chi connectivity index (χ1) is 17.7. The zero-order valence-corrected chi connectivity index (χ0v) is 23.6. The molecule has 0 saturated carbocycles. The Morgan fingerprint density at radius 3 is 2.54 bits per heavy atom. The van der Waals surface area contributed by atoms with Gasteiger partial charge in [0.1, 0.15) is 17.4 Å². The summed E-state index contributed by atoms with van der Waals surface area (Å²) in [4.78, 5) is 26.0. The second kappa shape index (κ2) is 12.9. The molecule has 2 aromatic heterocycles. The maximum atomic E-state index is 12.7. The molecule has 0 aliphatic heterocycles. The minimum Gasteiger partial charge on any atom is -0.486 e. The summed E-state index contributed by atoms with van der Waals surface area (Å²) in [5.74, 6) is 0.800. The smallest absolute Gasteiger partial charge is 0.341 e. The van der Waals surface area contributed by atoms with E-state index in [9.17, 15) is 9.59 Å². The number of allylic oxidation sites excluding steroid dienone is 1. The number of hydrogen-bond donors (Lipinski definition) is 1. The van der Waals surface area contributed by atoms with Crippen LogP contribution in [0.25, 0.3) is 0 Å². The first kappa shape index (κ1) is 28.5. The number of rotatable bonds is 12. The molecule has 0 aliphatic rings. The number of hydrogen-bond acceptors (Lipinski definition) is 8. The van der Waals surface area contributed by atoms with Crippen LogP contribution in [0.1, 0.15) is 61.2 Å². The van der Waals surface area contributed by atoms with Crippen LogP contribution in [0.4, 0.5) is 5.00 Å². The fraction of sp³-hybridized carbons (Fsp3) is 0.407. The lowest BCUT2D eigenvalue weighted by molar-refractivity contribution is -0.113. The molecule has 0 bridgehead atoms. The molecule has 10 heteroatoms. The molecule has 8 nitrogen and oxygen atoms in total. The molecule has 0 unspecified atom stereocenters. The van der Waals surface area contributed by atoms with Gasteiger partial charge in [0, 0.05) is 11.4 Å². The van der Waals surface area contributed by atoms with Crippen molar-refractivity contribution in [3.05, 3.63) is 64.8 Å². The Bertz CT molecular complexity index is 1230. The van der Waals surface area contributed by atoms with Crippen molar-refractivity contribution in [1.82, 2.24) is 14.8 Å². The van der Waals surface area contributed by atoms with Crippen LogP contribution in [0.5, 0.6) is 5.75 Å². The maximum Gasteiger partial charge on any atom is 0.341 e. The van der Waals surface area contributed by atoms with E-state index in [1.165, 1.54) is 28.7 Å². The summed E-state index contributed by atoms with van der Waals surface area (Å²) in [6.45, 7) is 15.1. The lowest BCUT2D eigenvalue weighted by Crippen LogP contribution is -2.16. The standard InChI is InChI=1S/C27H34N4O4S2/c1-7-14-31-22(16-35-19-12-10-18(11-13-19)27(4,5)6)29-30-26(31)36-17-23(32)28-24-21(25(33)34-9-3)15-20(8-2)37-24/h7,10-13,15H,1,8-9,14,16-17H2,2-6H3,(H,28,32). The highest BCUT2D eigenvalue weighted by molar-refractivity contribution is 7.99. The summed E-state index contributed by atoms with van der Waals surface area (Å²) < 4.78 is 12.9. The van der Waals surface area contributed by atoms with Gasteiger partial charge in [0.2, 0.25) is 5.91 Å². The van der Waals surface area contributed by atoms with E-state index in [1.54, 1.807) is 19.1 Å². The van der Waals surface area contributed by atoms with Gasteiger partial charge in [-0.2, -0.15) is 0 Å². The number of nitrogens with zero attached hydrogens (tertiary/aromatic N) is 3. The Morgan fingerprint density at radius 1 is 1.19 bits per heavy atom. The zero-order chi connectivity index (χ0) is 27.0. The van der Waals surface area contributed by atoms with Crippen LogP contribution in [-0.2, 0) is 34.5 Å². The van der Waals surface area contributed by atoms with Crippen LogP contribution in [-0.4, -0.2) is 39.0 Å². The number of aromatic nitrogens is 3. The van der Waals surface area contributed by atoms with Gasteiger partial charge in [-0.25, -0.2) is 4.79 Å². The van der Waals surface area contributed by atoms with Crippen LogP contribution >= 0.6 is 23.1 Å². The molecule has 1 N–H and O–H groups in total. The zero-order valence-electron chi connectivity index (χ0n) is 22.0. The van der Waals surface area contributed by atoms with Gasteiger partial charge in [0.25, 0.3) is 0 Å². The molecule has 0 fully saturated rings. The number of thiophene rings is 1. The third-order valence-corrected chi connectivity index (χ3v) is 7.57. The van der Waals surface area contributed by atoms with E-state index in [2.05, 4.69) is 55.0 Å². The van der Waals surface area contributed by atoms with Crippen LogP contribution < -0.4 is 10.1 Å². The van der Waals surface area contributed by atoms with E-state index in [0.29, 0.717) is 28.1 Å². The fourth-order valence-electron chi connectivity index (χ4n) is 3.41. The van der Waals surface area contributed by atoms with Gasteiger partial charge in [-0.15, -0.1) is 28.1 Å². The molecule has 0 aliphatic carbocycles. The molecule has 0 saturated heterocycles. The molecule has 3 aromatic rings. The molecule has 3 rings (SSSR count). The van der Waals surface area contributed by atoms with Gasteiger partial charge in [-0.3, -0.25) is 9.36 Å². The van der Waals surface area contributed by atoms with Crippen molar-refractivity contribution in [3.63, 3.8) is 0 Å². The number of nitrogens with one attached hydrogen (secondary N) is 1. The first-order valence-electron chi connectivity index (χ1n) is 12.1. The minimum absolute atomic E-state index is 0.0727. The van der Waals surface area contributed by atoms with Crippen LogP contribution in [0, 0.1) is 0 Å². The second-order valence-corrected chi connectivity index (χ2v) is 11.3. The molecule has 0 spiro atoms. The predicted molar refractivity (Wildman–Crippen MR) is 149 cm³/mol. The second-order valence-electron chi connectivity index (χ2n) is 9.23. The van der Waals surface area contributed by atoms with E-state index in [1.807, 2.05) is 23.6 Å². The van der Waals surface area contributed by atoms with E-state index in [-0.39, 0.29) is 30.3 Å². The van der Waals surface area contributed by atoms with Gasteiger partial charge in [-0.1, -0.05) is 57.7 Å². The summed E-state index contributed by atoms with van der Waals surface area (Å²) in [5, 5.41) is 12.5. The van der Waals surface area contributed by atoms with Gasteiger partial charge in [-0.05, 0) is 42.5 Å². The average Bonchev–Trinajstić information content (AvgIpc) is 3.45. The maximum absolute atomic E-state index is 12.7. The van der Waals surface area contributed by atoms with Gasteiger partial charge in [0.05, 0.1) is 17.9 Å². The van der Waals surface area contributed by atoms with Crippen LogP contribution in [0.15, 0.2) is 48.1 Å². The Balaban J connectivity index is 1.63. The van der Waals surface area contributed by atoms with Crippen LogP contribution in [0.3, 0.4) is 0 Å². The first-order valence-corrected chi connectivity index (χ1v) is 13.9. The number of thioether (sulfide) groups is 1. The van der Waals surface area contributed by atoms with E-state index < -0.39 is 5.97 Å². The number of ether oxygens (including phenoxy) is 2. The van der Waals surface area contributed by atoms with Crippen molar-refractivity contribution in [1.29, 1.82) is 0 Å².